The molecular weight excluding hydrogens is 598 g/mol. The second kappa shape index (κ2) is 11.9. The number of hydrogen-bond donors (Lipinski definition) is 0. The first-order valence-electron chi connectivity index (χ1n) is 17.5. The average molecular weight is 642 g/mol. The first-order chi connectivity index (χ1) is 23.2. The van der Waals surface area contributed by atoms with Crippen LogP contribution in [0.15, 0.2) is 83.7 Å². The Hall–Kier alpha value is -4.37. The van der Waals surface area contributed by atoms with Gasteiger partial charge in [0.05, 0.1) is 6.54 Å². The number of carbonyl (C=O) groups is 2. The third-order valence-electron chi connectivity index (χ3n) is 12.1. The number of allylic oxidation sites excluding steroid dienone is 6. The molecular formula is C39H43N7O2. The van der Waals surface area contributed by atoms with E-state index in [9.17, 15) is 9.59 Å². The maximum Gasteiger partial charge on any atom is 0.229 e. The Morgan fingerprint density at radius 2 is 1.58 bits per heavy atom. The lowest BCUT2D eigenvalue weighted by Gasteiger charge is -2.52. The molecule has 5 atom stereocenters. The fourth-order valence-electron chi connectivity index (χ4n) is 9.49. The summed E-state index contributed by atoms with van der Waals surface area (Å²) in [5.74, 6) is 3.28. The number of fused-ring (bicyclic) bond motifs is 5. The van der Waals surface area contributed by atoms with Crippen LogP contribution in [0.3, 0.4) is 0 Å². The summed E-state index contributed by atoms with van der Waals surface area (Å²) in [5, 5.41) is 0. The van der Waals surface area contributed by atoms with Gasteiger partial charge in [0, 0.05) is 49.9 Å². The molecule has 0 spiro atoms. The molecule has 0 radical (unpaired) electrons. The Labute approximate surface area is 282 Å². The van der Waals surface area contributed by atoms with Crippen molar-refractivity contribution in [3.63, 3.8) is 0 Å². The Bertz CT molecular complexity index is 1790. The van der Waals surface area contributed by atoms with Crippen LogP contribution in [0.5, 0.6) is 0 Å². The summed E-state index contributed by atoms with van der Waals surface area (Å²) in [5.41, 5.74) is 4.84. The topological polar surface area (TPSA) is 105 Å². The van der Waals surface area contributed by atoms with Crippen LogP contribution in [0.1, 0.15) is 52.9 Å². The van der Waals surface area contributed by atoms with E-state index in [1.54, 1.807) is 12.4 Å². The van der Waals surface area contributed by atoms with Gasteiger partial charge in [-0.25, -0.2) is 4.98 Å². The van der Waals surface area contributed by atoms with Crippen molar-refractivity contribution >= 4 is 17.5 Å². The fourth-order valence-corrected chi connectivity index (χ4v) is 9.49. The number of anilines is 1. The third-order valence-corrected chi connectivity index (χ3v) is 12.1. The molecule has 2 saturated carbocycles. The number of Topliss-reactive ketones (excluding diaryl/α,β-unsaturated/α-hetero) is 1. The van der Waals surface area contributed by atoms with Crippen LogP contribution in [-0.2, 0) is 9.59 Å². The molecule has 3 aromatic rings. The zero-order valence-corrected chi connectivity index (χ0v) is 28.1. The molecule has 1 saturated heterocycles. The van der Waals surface area contributed by atoms with Gasteiger partial charge >= 0.3 is 0 Å². The van der Waals surface area contributed by atoms with E-state index in [1.807, 2.05) is 49.4 Å². The molecule has 246 valence electrons. The highest BCUT2D eigenvalue weighted by molar-refractivity contribution is 6.05. The van der Waals surface area contributed by atoms with Crippen molar-refractivity contribution < 1.29 is 9.59 Å². The SMILES string of the molecule is CC1=C[C@@]2(C)C(=CC1=O)CC[C@@H]1C2=CC[C@]2(C)[C@@H](C(=O)CN3CCN(c4nc(-c5ccccn5)nc(-c5ccccn5)n4)CC3)CC[C@@H]12. The molecule has 0 unspecified atom stereocenters. The molecule has 48 heavy (non-hydrogen) atoms. The van der Waals surface area contributed by atoms with Gasteiger partial charge in [0.25, 0.3) is 0 Å². The normalized spacial score (nSPS) is 30.1. The van der Waals surface area contributed by atoms with Crippen LogP contribution in [0.25, 0.3) is 23.0 Å². The van der Waals surface area contributed by atoms with Gasteiger partial charge in [-0.1, -0.05) is 42.4 Å². The van der Waals surface area contributed by atoms with E-state index in [0.717, 1.165) is 63.9 Å². The molecule has 9 heteroatoms. The summed E-state index contributed by atoms with van der Waals surface area (Å²) in [7, 11) is 0. The predicted octanol–water partition coefficient (Wildman–Crippen LogP) is 5.92. The summed E-state index contributed by atoms with van der Waals surface area (Å²) in [6.07, 6.45) is 15.1. The Morgan fingerprint density at radius 1 is 0.896 bits per heavy atom. The van der Waals surface area contributed by atoms with Gasteiger partial charge in [-0.3, -0.25) is 24.5 Å². The minimum absolute atomic E-state index is 0.0114. The Kier molecular flexibility index (Phi) is 7.70. The Balaban J connectivity index is 0.957. The van der Waals surface area contributed by atoms with Crippen LogP contribution in [0, 0.1) is 28.6 Å². The van der Waals surface area contributed by atoms with E-state index in [1.165, 1.54) is 11.1 Å². The number of rotatable bonds is 6. The third kappa shape index (κ3) is 5.23. The highest BCUT2D eigenvalue weighted by Crippen LogP contribution is 2.64. The van der Waals surface area contributed by atoms with E-state index in [2.05, 4.69) is 45.8 Å². The first-order valence-corrected chi connectivity index (χ1v) is 17.5. The number of pyridine rings is 2. The van der Waals surface area contributed by atoms with Crippen molar-refractivity contribution in [2.24, 2.45) is 28.6 Å². The number of carbonyl (C=O) groups excluding carboxylic acids is 2. The molecule has 5 aliphatic rings. The largest absolute Gasteiger partial charge is 0.338 e. The second-order valence-corrected chi connectivity index (χ2v) is 14.8. The summed E-state index contributed by atoms with van der Waals surface area (Å²) in [4.78, 5) is 54.4. The molecule has 9 nitrogen and oxygen atoms in total. The number of nitrogens with zero attached hydrogens (tertiary/aromatic N) is 7. The molecule has 0 bridgehead atoms. The number of aromatic nitrogens is 5. The molecule has 3 fully saturated rings. The highest BCUT2D eigenvalue weighted by atomic mass is 16.1. The molecule has 0 amide bonds. The van der Waals surface area contributed by atoms with Crippen LogP contribution >= 0.6 is 0 Å². The quantitative estimate of drug-likeness (QED) is 0.303. The van der Waals surface area contributed by atoms with E-state index in [4.69, 9.17) is 15.0 Å². The van der Waals surface area contributed by atoms with Crippen LogP contribution in [0.4, 0.5) is 5.95 Å². The average Bonchev–Trinajstić information content (AvgIpc) is 3.47. The van der Waals surface area contributed by atoms with Gasteiger partial charge in [-0.05, 0) is 99.1 Å². The minimum atomic E-state index is -0.153. The van der Waals surface area contributed by atoms with Gasteiger partial charge in [0.2, 0.25) is 5.95 Å². The van der Waals surface area contributed by atoms with Crippen LogP contribution in [0.2, 0.25) is 0 Å². The molecule has 1 aliphatic heterocycles. The maximum absolute atomic E-state index is 14.1. The number of piperazine rings is 1. The van der Waals surface area contributed by atoms with Gasteiger partial charge < -0.3 is 4.90 Å². The van der Waals surface area contributed by atoms with Gasteiger partial charge in [0.15, 0.2) is 17.4 Å². The fraction of sp³-hybridized carbons (Fsp3) is 0.462. The van der Waals surface area contributed by atoms with Gasteiger partial charge in [-0.15, -0.1) is 0 Å². The molecule has 8 rings (SSSR count). The lowest BCUT2D eigenvalue weighted by molar-refractivity contribution is -0.128. The minimum Gasteiger partial charge on any atom is -0.338 e. The molecule has 0 N–H and O–H groups in total. The number of ketones is 2. The molecule has 4 aliphatic carbocycles. The summed E-state index contributed by atoms with van der Waals surface area (Å²) < 4.78 is 0. The van der Waals surface area contributed by atoms with E-state index >= 15 is 0 Å². The van der Waals surface area contributed by atoms with Crippen molar-refractivity contribution in [1.29, 1.82) is 0 Å². The van der Waals surface area contributed by atoms with E-state index in [0.29, 0.717) is 53.1 Å². The summed E-state index contributed by atoms with van der Waals surface area (Å²) in [6.45, 7) is 10.1. The van der Waals surface area contributed by atoms with Crippen molar-refractivity contribution in [2.75, 3.05) is 37.6 Å². The zero-order chi connectivity index (χ0) is 33.0. The van der Waals surface area contributed by atoms with Crippen molar-refractivity contribution in [3.8, 4) is 23.0 Å². The molecule has 3 aromatic heterocycles. The standard InChI is InChI=1S/C39H43N7O2/c1-25-23-39(3)26(22-33(25)47)10-11-27-28-12-13-30(38(28,2)15-14-29(27)39)34(48)24-45-18-20-46(21-19-45)37-43-35(31-8-4-6-16-40-31)42-36(44-37)32-9-5-7-17-41-32/h4-9,14,16-17,22-23,27-28,30H,10-13,15,18-21,24H2,1-3H3/t27-,28-,30+,38-,39-/m0/s1. The highest BCUT2D eigenvalue weighted by Gasteiger charge is 2.57. The maximum atomic E-state index is 14.1. The van der Waals surface area contributed by atoms with Crippen LogP contribution in [-0.4, -0.2) is 74.1 Å². The first kappa shape index (κ1) is 30.9. The lowest BCUT2D eigenvalue weighted by Crippen LogP contribution is -2.50. The van der Waals surface area contributed by atoms with Crippen LogP contribution < -0.4 is 4.90 Å². The number of hydrogen-bond acceptors (Lipinski definition) is 9. The second-order valence-electron chi connectivity index (χ2n) is 14.8. The van der Waals surface area contributed by atoms with Crippen molar-refractivity contribution in [2.45, 2.75) is 52.9 Å². The summed E-state index contributed by atoms with van der Waals surface area (Å²) in [6, 6.07) is 11.4. The molecule has 4 heterocycles. The van der Waals surface area contributed by atoms with Gasteiger partial charge in [-0.2, -0.15) is 9.97 Å². The lowest BCUT2D eigenvalue weighted by atomic mass is 9.52. The van der Waals surface area contributed by atoms with Gasteiger partial charge in [0.1, 0.15) is 17.2 Å². The van der Waals surface area contributed by atoms with Crippen molar-refractivity contribution in [3.05, 3.63) is 83.7 Å². The van der Waals surface area contributed by atoms with E-state index in [-0.39, 0.29) is 22.5 Å². The molecule has 0 aromatic carbocycles. The smallest absolute Gasteiger partial charge is 0.229 e. The van der Waals surface area contributed by atoms with E-state index < -0.39 is 0 Å². The Morgan fingerprint density at radius 3 is 2.23 bits per heavy atom. The zero-order valence-electron chi connectivity index (χ0n) is 28.1. The summed E-state index contributed by atoms with van der Waals surface area (Å²) >= 11 is 0. The predicted molar refractivity (Wildman–Crippen MR) is 185 cm³/mol. The monoisotopic (exact) mass is 641 g/mol. The van der Waals surface area contributed by atoms with Crippen molar-refractivity contribution in [1.82, 2.24) is 29.8 Å².